The third-order valence-corrected chi connectivity index (χ3v) is 4.76. The van der Waals surface area contributed by atoms with Crippen LogP contribution >= 0.6 is 23.4 Å². The Hall–Kier alpha value is -1.78. The van der Waals surface area contributed by atoms with Crippen LogP contribution in [0.15, 0.2) is 48.5 Å². The number of benzene rings is 2. The average Bonchev–Trinajstić information content (AvgIpc) is 2.51. The molecule has 0 aliphatic heterocycles. The molecule has 2 rings (SSSR count). The second-order valence-corrected chi connectivity index (χ2v) is 6.94. The van der Waals surface area contributed by atoms with Gasteiger partial charge in [-0.3, -0.25) is 9.59 Å². The Kier molecular flexibility index (Phi) is 6.25. The maximum absolute atomic E-state index is 11.2. The van der Waals surface area contributed by atoms with Gasteiger partial charge in [-0.1, -0.05) is 65.8 Å². The summed E-state index contributed by atoms with van der Waals surface area (Å²) >= 11 is 7.21. The number of carbonyl (C=O) groups is 2. The van der Waals surface area contributed by atoms with Crippen LogP contribution in [0.3, 0.4) is 0 Å². The fourth-order valence-corrected chi connectivity index (χ4v) is 3.35. The van der Waals surface area contributed by atoms with E-state index >= 15 is 0 Å². The normalized spacial score (nSPS) is 11.9. The highest BCUT2D eigenvalue weighted by molar-refractivity contribution is 8.14. The monoisotopic (exact) mass is 348 g/mol. The molecular weight excluding hydrogens is 332 g/mol. The molecule has 0 bridgehead atoms. The van der Waals surface area contributed by atoms with E-state index in [1.165, 1.54) is 6.92 Å². The maximum atomic E-state index is 11.2. The molecule has 0 aromatic heterocycles. The van der Waals surface area contributed by atoms with Crippen LogP contribution in [-0.4, -0.2) is 21.4 Å². The fraction of sp³-hybridized carbons (Fsp3) is 0.222. The molecule has 3 nitrogen and oxygen atoms in total. The van der Waals surface area contributed by atoms with Gasteiger partial charge in [0.05, 0.1) is 0 Å². The number of rotatable bonds is 6. The maximum Gasteiger partial charge on any atom is 0.317 e. The van der Waals surface area contributed by atoms with Crippen molar-refractivity contribution < 1.29 is 14.7 Å². The highest BCUT2D eigenvalue weighted by Gasteiger charge is 2.20. The predicted octanol–water partition coefficient (Wildman–Crippen LogP) is 4.67. The van der Waals surface area contributed by atoms with Crippen molar-refractivity contribution in [3.63, 3.8) is 0 Å². The number of thioether (sulfide) groups is 1. The first-order valence-electron chi connectivity index (χ1n) is 7.21. The molecule has 0 aliphatic rings. The predicted molar refractivity (Wildman–Crippen MR) is 94.9 cm³/mol. The molecule has 0 saturated carbocycles. The van der Waals surface area contributed by atoms with Crippen molar-refractivity contribution >= 4 is 34.4 Å². The van der Waals surface area contributed by atoms with Gasteiger partial charge in [0.1, 0.15) is 5.25 Å². The fourth-order valence-electron chi connectivity index (χ4n) is 2.30. The van der Waals surface area contributed by atoms with Crippen molar-refractivity contribution in [2.45, 2.75) is 25.0 Å². The number of halogens is 1. The van der Waals surface area contributed by atoms with Crippen LogP contribution in [0.4, 0.5) is 0 Å². The standard InChI is InChI=1S/C18H17ClO3S/c1-12(20)23-17(18(21)22)10-8-13-7-9-15(16(19)11-13)14-5-3-2-4-6-14/h2-7,9,11,17H,8,10H2,1H3,(H,21,22). The van der Waals surface area contributed by atoms with E-state index in [1.807, 2.05) is 48.5 Å². The summed E-state index contributed by atoms with van der Waals surface area (Å²) in [4.78, 5) is 22.3. The third kappa shape index (κ3) is 5.12. The second kappa shape index (κ2) is 8.18. The molecule has 2 aromatic rings. The molecule has 0 fully saturated rings. The van der Waals surface area contributed by atoms with Gasteiger partial charge in [0, 0.05) is 17.5 Å². The number of aryl methyl sites for hydroxylation is 1. The van der Waals surface area contributed by atoms with Gasteiger partial charge in [-0.2, -0.15) is 0 Å². The van der Waals surface area contributed by atoms with Crippen LogP contribution in [-0.2, 0) is 16.0 Å². The summed E-state index contributed by atoms with van der Waals surface area (Å²) in [6.07, 6.45) is 0.951. The Bertz CT molecular complexity index is 701. The van der Waals surface area contributed by atoms with Gasteiger partial charge in [-0.25, -0.2) is 0 Å². The van der Waals surface area contributed by atoms with E-state index in [0.29, 0.717) is 17.9 Å². The second-order valence-electron chi connectivity index (χ2n) is 5.16. The lowest BCUT2D eigenvalue weighted by Gasteiger charge is -2.11. The van der Waals surface area contributed by atoms with Gasteiger partial charge in [0.2, 0.25) is 0 Å². The topological polar surface area (TPSA) is 54.4 Å². The average molecular weight is 349 g/mol. The first-order chi connectivity index (χ1) is 11.0. The van der Waals surface area contributed by atoms with E-state index in [1.54, 1.807) is 0 Å². The van der Waals surface area contributed by atoms with Gasteiger partial charge in [0.25, 0.3) is 0 Å². The van der Waals surface area contributed by atoms with Crippen LogP contribution < -0.4 is 0 Å². The number of hydrogen-bond acceptors (Lipinski definition) is 3. The molecule has 1 unspecified atom stereocenters. The molecule has 0 aliphatic carbocycles. The first-order valence-corrected chi connectivity index (χ1v) is 8.47. The first kappa shape index (κ1) is 17.6. The lowest BCUT2D eigenvalue weighted by Crippen LogP contribution is -2.18. The van der Waals surface area contributed by atoms with Gasteiger partial charge in [0.15, 0.2) is 5.12 Å². The Morgan fingerprint density at radius 1 is 1.17 bits per heavy atom. The van der Waals surface area contributed by atoms with Crippen molar-refractivity contribution in [2.75, 3.05) is 0 Å². The van der Waals surface area contributed by atoms with Crippen LogP contribution in [0, 0.1) is 0 Å². The number of hydrogen-bond donors (Lipinski definition) is 1. The van der Waals surface area contributed by atoms with Gasteiger partial charge in [-0.05, 0) is 30.0 Å². The zero-order valence-corrected chi connectivity index (χ0v) is 14.2. The Morgan fingerprint density at radius 3 is 2.43 bits per heavy atom. The van der Waals surface area contributed by atoms with E-state index in [-0.39, 0.29) is 5.12 Å². The largest absolute Gasteiger partial charge is 0.480 e. The quantitative estimate of drug-likeness (QED) is 0.824. The molecular formula is C18H17ClO3S. The summed E-state index contributed by atoms with van der Waals surface area (Å²) in [5.74, 6) is -0.961. The Labute approximate surface area is 144 Å². The third-order valence-electron chi connectivity index (χ3n) is 3.40. The highest BCUT2D eigenvalue weighted by Crippen LogP contribution is 2.29. The zero-order valence-electron chi connectivity index (χ0n) is 12.7. The number of carboxylic acid groups (broad SMARTS) is 1. The van der Waals surface area contributed by atoms with Crippen molar-refractivity contribution in [1.82, 2.24) is 0 Å². The van der Waals surface area contributed by atoms with E-state index < -0.39 is 11.2 Å². The number of carboxylic acids is 1. The van der Waals surface area contributed by atoms with E-state index in [2.05, 4.69) is 0 Å². The summed E-state index contributed by atoms with van der Waals surface area (Å²) in [5, 5.41) is 8.88. The molecule has 0 amide bonds. The van der Waals surface area contributed by atoms with Crippen LogP contribution in [0.5, 0.6) is 0 Å². The molecule has 5 heteroatoms. The van der Waals surface area contributed by atoms with E-state index in [4.69, 9.17) is 16.7 Å². The van der Waals surface area contributed by atoms with Crippen LogP contribution in [0.1, 0.15) is 18.9 Å². The van der Waals surface area contributed by atoms with E-state index in [9.17, 15) is 9.59 Å². The molecule has 1 N–H and O–H groups in total. The zero-order chi connectivity index (χ0) is 16.8. The molecule has 0 saturated heterocycles. The lowest BCUT2D eigenvalue weighted by molar-refractivity contribution is -0.136. The van der Waals surface area contributed by atoms with Crippen LogP contribution in [0.25, 0.3) is 11.1 Å². The summed E-state index contributed by atoms with van der Waals surface area (Å²) in [6, 6.07) is 15.6. The Balaban J connectivity index is 2.09. The van der Waals surface area contributed by atoms with Crippen molar-refractivity contribution in [1.29, 1.82) is 0 Å². The smallest absolute Gasteiger partial charge is 0.317 e. The number of aliphatic carboxylic acids is 1. The molecule has 0 radical (unpaired) electrons. The minimum absolute atomic E-state index is 0.185. The van der Waals surface area contributed by atoms with Gasteiger partial charge < -0.3 is 5.11 Å². The Morgan fingerprint density at radius 2 is 1.87 bits per heavy atom. The molecule has 1 atom stereocenters. The molecule has 0 heterocycles. The highest BCUT2D eigenvalue weighted by atomic mass is 35.5. The summed E-state index contributed by atoms with van der Waals surface area (Å²) in [6.45, 7) is 1.38. The minimum atomic E-state index is -0.961. The molecule has 0 spiro atoms. The van der Waals surface area contributed by atoms with Crippen molar-refractivity contribution in [2.24, 2.45) is 0 Å². The van der Waals surface area contributed by atoms with Crippen LogP contribution in [0.2, 0.25) is 5.02 Å². The summed E-state index contributed by atoms with van der Waals surface area (Å²) < 4.78 is 0. The minimum Gasteiger partial charge on any atom is -0.480 e. The van der Waals surface area contributed by atoms with Gasteiger partial charge in [-0.15, -0.1) is 0 Å². The van der Waals surface area contributed by atoms with E-state index in [0.717, 1.165) is 28.5 Å². The van der Waals surface area contributed by atoms with Crippen molar-refractivity contribution in [3.05, 3.63) is 59.1 Å². The lowest BCUT2D eigenvalue weighted by atomic mass is 10.0. The number of carbonyl (C=O) groups excluding carboxylic acids is 1. The molecule has 120 valence electrons. The SMILES string of the molecule is CC(=O)SC(CCc1ccc(-c2ccccc2)c(Cl)c1)C(=O)O. The van der Waals surface area contributed by atoms with Crippen molar-refractivity contribution in [3.8, 4) is 11.1 Å². The summed E-state index contributed by atoms with van der Waals surface area (Å²) in [5.41, 5.74) is 2.95. The summed E-state index contributed by atoms with van der Waals surface area (Å²) in [7, 11) is 0. The molecule has 23 heavy (non-hydrogen) atoms. The molecule has 2 aromatic carbocycles. The van der Waals surface area contributed by atoms with Gasteiger partial charge >= 0.3 is 5.97 Å².